The first kappa shape index (κ1) is 18.8. The van der Waals surface area contributed by atoms with E-state index >= 15 is 0 Å². The number of ether oxygens (including phenoxy) is 2. The molecule has 1 aromatic rings. The Hall–Kier alpha value is -1.52. The standard InChI is InChI=1S/C18H21Cl2NO3/c1-5-23-15(22)13-11-14(21-17(2,3)4)24-18(13,16(19)20)12-9-7-6-8-10-12/h6-11,16H,5H2,1-4H3. The minimum atomic E-state index is -1.35. The van der Waals surface area contributed by atoms with Gasteiger partial charge < -0.3 is 9.47 Å². The Balaban J connectivity index is 2.62. The third-order valence-corrected chi connectivity index (χ3v) is 4.00. The van der Waals surface area contributed by atoms with E-state index < -0.39 is 16.4 Å². The van der Waals surface area contributed by atoms with Crippen LogP contribution in [-0.4, -0.2) is 28.8 Å². The van der Waals surface area contributed by atoms with Crippen molar-refractivity contribution in [2.75, 3.05) is 6.61 Å². The van der Waals surface area contributed by atoms with Crippen molar-refractivity contribution >= 4 is 35.1 Å². The molecular formula is C18H21Cl2NO3. The smallest absolute Gasteiger partial charge is 0.338 e. The van der Waals surface area contributed by atoms with Crippen LogP contribution in [0.25, 0.3) is 0 Å². The van der Waals surface area contributed by atoms with Crippen molar-refractivity contribution in [3.8, 4) is 0 Å². The lowest BCUT2D eigenvalue weighted by molar-refractivity contribution is -0.140. The van der Waals surface area contributed by atoms with Crippen LogP contribution >= 0.6 is 23.2 Å². The van der Waals surface area contributed by atoms with E-state index in [1.807, 2.05) is 51.1 Å². The van der Waals surface area contributed by atoms with Gasteiger partial charge in [-0.25, -0.2) is 9.79 Å². The molecule has 1 aliphatic rings. The second-order valence-electron chi connectivity index (χ2n) is 6.40. The zero-order chi connectivity index (χ0) is 18.0. The molecule has 1 aromatic carbocycles. The Morgan fingerprint density at radius 3 is 2.42 bits per heavy atom. The Kier molecular flexibility index (Phi) is 5.61. The molecule has 0 N–H and O–H groups in total. The lowest BCUT2D eigenvalue weighted by Crippen LogP contribution is -2.39. The van der Waals surface area contributed by atoms with Gasteiger partial charge in [-0.2, -0.15) is 0 Å². The lowest BCUT2D eigenvalue weighted by Gasteiger charge is -2.32. The van der Waals surface area contributed by atoms with Crippen LogP contribution in [0.4, 0.5) is 0 Å². The van der Waals surface area contributed by atoms with E-state index in [2.05, 4.69) is 4.99 Å². The quantitative estimate of drug-likeness (QED) is 0.583. The van der Waals surface area contributed by atoms with Crippen LogP contribution in [0.2, 0.25) is 0 Å². The summed E-state index contributed by atoms with van der Waals surface area (Å²) in [7, 11) is 0. The van der Waals surface area contributed by atoms with Gasteiger partial charge >= 0.3 is 5.97 Å². The van der Waals surface area contributed by atoms with Gasteiger partial charge in [0.05, 0.1) is 17.7 Å². The van der Waals surface area contributed by atoms with Gasteiger partial charge in [-0.05, 0) is 27.7 Å². The van der Waals surface area contributed by atoms with E-state index in [0.29, 0.717) is 11.5 Å². The van der Waals surface area contributed by atoms with E-state index in [4.69, 9.17) is 32.7 Å². The Bertz CT molecular complexity index is 663. The monoisotopic (exact) mass is 369 g/mol. The molecule has 4 nitrogen and oxygen atoms in total. The van der Waals surface area contributed by atoms with Gasteiger partial charge in [0.1, 0.15) is 0 Å². The minimum absolute atomic E-state index is 0.238. The van der Waals surface area contributed by atoms with E-state index in [9.17, 15) is 4.79 Å². The maximum atomic E-state index is 12.5. The van der Waals surface area contributed by atoms with Crippen molar-refractivity contribution < 1.29 is 14.3 Å². The number of hydrogen-bond donors (Lipinski definition) is 0. The number of hydrogen-bond acceptors (Lipinski definition) is 4. The fourth-order valence-corrected chi connectivity index (χ4v) is 3.05. The Morgan fingerprint density at radius 1 is 1.29 bits per heavy atom. The zero-order valence-electron chi connectivity index (χ0n) is 14.2. The molecule has 0 saturated heterocycles. The molecular weight excluding hydrogens is 349 g/mol. The second kappa shape index (κ2) is 7.16. The molecule has 1 atom stereocenters. The normalized spacial score (nSPS) is 22.5. The van der Waals surface area contributed by atoms with Crippen molar-refractivity contribution in [1.82, 2.24) is 0 Å². The van der Waals surface area contributed by atoms with Crippen LogP contribution in [0.5, 0.6) is 0 Å². The number of rotatable bonds is 4. The molecule has 0 amide bonds. The molecule has 0 radical (unpaired) electrons. The number of aliphatic imine (C=N–C) groups is 1. The maximum absolute atomic E-state index is 12.5. The van der Waals surface area contributed by atoms with E-state index in [0.717, 1.165) is 0 Å². The van der Waals surface area contributed by atoms with Crippen molar-refractivity contribution in [2.45, 2.75) is 43.7 Å². The largest absolute Gasteiger partial charge is 0.463 e. The van der Waals surface area contributed by atoms with E-state index in [-0.39, 0.29) is 17.7 Å². The van der Waals surface area contributed by atoms with E-state index in [1.165, 1.54) is 0 Å². The predicted octanol–water partition coefficient (Wildman–Crippen LogP) is 4.40. The van der Waals surface area contributed by atoms with Crippen LogP contribution < -0.4 is 0 Å². The Labute approximate surface area is 152 Å². The fourth-order valence-electron chi connectivity index (χ4n) is 2.47. The van der Waals surface area contributed by atoms with Gasteiger partial charge in [0.15, 0.2) is 10.4 Å². The molecule has 0 bridgehead atoms. The van der Waals surface area contributed by atoms with Gasteiger partial charge in [0.25, 0.3) is 0 Å². The molecule has 1 heterocycles. The summed E-state index contributed by atoms with van der Waals surface area (Å²) in [5.41, 5.74) is -0.820. The van der Waals surface area contributed by atoms with Gasteiger partial charge in [-0.15, -0.1) is 23.2 Å². The van der Waals surface area contributed by atoms with Crippen LogP contribution in [0, 0.1) is 0 Å². The molecule has 24 heavy (non-hydrogen) atoms. The van der Waals surface area contributed by atoms with Gasteiger partial charge in [-0.3, -0.25) is 0 Å². The number of carbonyl (C=O) groups excluding carboxylic acids is 1. The van der Waals surface area contributed by atoms with E-state index in [1.54, 1.807) is 13.0 Å². The molecule has 0 aliphatic carbocycles. The maximum Gasteiger partial charge on any atom is 0.338 e. The summed E-state index contributed by atoms with van der Waals surface area (Å²) in [4.78, 5) is 16.0. The van der Waals surface area contributed by atoms with Crippen LogP contribution in [0.15, 0.2) is 47.0 Å². The van der Waals surface area contributed by atoms with Gasteiger partial charge in [0, 0.05) is 11.6 Å². The number of carbonyl (C=O) groups is 1. The number of nitrogens with zero attached hydrogens (tertiary/aromatic N) is 1. The highest BCUT2D eigenvalue weighted by Crippen LogP contribution is 2.46. The first-order chi connectivity index (χ1) is 11.2. The summed E-state index contributed by atoms with van der Waals surface area (Å²) < 4.78 is 11.2. The van der Waals surface area contributed by atoms with Gasteiger partial charge in [0.2, 0.25) is 5.90 Å². The summed E-state index contributed by atoms with van der Waals surface area (Å²) in [6, 6.07) is 9.15. The molecule has 130 valence electrons. The molecule has 2 rings (SSSR count). The molecule has 6 heteroatoms. The second-order valence-corrected chi connectivity index (χ2v) is 7.50. The highest BCUT2D eigenvalue weighted by molar-refractivity contribution is 6.45. The molecule has 1 unspecified atom stereocenters. The van der Waals surface area contributed by atoms with Crippen molar-refractivity contribution in [1.29, 1.82) is 0 Å². The molecule has 0 fully saturated rings. The van der Waals surface area contributed by atoms with Crippen LogP contribution in [-0.2, 0) is 19.9 Å². The molecule has 0 aromatic heterocycles. The number of benzene rings is 1. The lowest BCUT2D eigenvalue weighted by atomic mass is 9.88. The summed E-state index contributed by atoms with van der Waals surface area (Å²) in [6.07, 6.45) is 1.56. The summed E-state index contributed by atoms with van der Waals surface area (Å²) in [6.45, 7) is 7.78. The number of esters is 1. The summed E-state index contributed by atoms with van der Waals surface area (Å²) in [5, 5.41) is 0. The SMILES string of the molecule is CCOC(=O)C1=CC(=NC(C)(C)C)OC1(c1ccccc1)C(Cl)Cl. The van der Waals surface area contributed by atoms with Gasteiger partial charge in [-0.1, -0.05) is 30.3 Å². The zero-order valence-corrected chi connectivity index (χ0v) is 15.7. The molecule has 0 spiro atoms. The first-order valence-electron chi connectivity index (χ1n) is 7.72. The number of halogens is 2. The number of alkyl halides is 2. The average Bonchev–Trinajstić information content (AvgIpc) is 2.87. The predicted molar refractivity (Wildman–Crippen MR) is 96.6 cm³/mol. The highest BCUT2D eigenvalue weighted by Gasteiger charge is 2.53. The third-order valence-electron chi connectivity index (χ3n) is 3.38. The van der Waals surface area contributed by atoms with Crippen molar-refractivity contribution in [3.05, 3.63) is 47.5 Å². The first-order valence-corrected chi connectivity index (χ1v) is 8.60. The van der Waals surface area contributed by atoms with Crippen LogP contribution in [0.1, 0.15) is 33.3 Å². The summed E-state index contributed by atoms with van der Waals surface area (Å²) in [5.74, 6) is -0.215. The molecule has 1 aliphatic heterocycles. The van der Waals surface area contributed by atoms with Crippen molar-refractivity contribution in [2.24, 2.45) is 4.99 Å². The third kappa shape index (κ3) is 3.76. The Morgan fingerprint density at radius 2 is 1.92 bits per heavy atom. The average molecular weight is 370 g/mol. The fraction of sp³-hybridized carbons (Fsp3) is 0.444. The topological polar surface area (TPSA) is 47.9 Å². The highest BCUT2D eigenvalue weighted by atomic mass is 35.5. The van der Waals surface area contributed by atoms with Crippen LogP contribution in [0.3, 0.4) is 0 Å². The minimum Gasteiger partial charge on any atom is -0.463 e. The summed E-state index contributed by atoms with van der Waals surface area (Å²) >= 11 is 12.6. The van der Waals surface area contributed by atoms with Crippen molar-refractivity contribution in [3.63, 3.8) is 0 Å². The molecule has 0 saturated carbocycles.